The zero-order valence-corrected chi connectivity index (χ0v) is 12.6. The van der Waals surface area contributed by atoms with E-state index in [4.69, 9.17) is 4.74 Å². The van der Waals surface area contributed by atoms with Gasteiger partial charge in [0.15, 0.2) is 6.61 Å². The normalized spacial score (nSPS) is 10.3. The molecular weight excluding hydrogens is 308 g/mol. The van der Waals surface area contributed by atoms with Crippen molar-refractivity contribution in [3.8, 4) is 5.75 Å². The number of nitro benzene ring substituents is 1. The van der Waals surface area contributed by atoms with Crippen molar-refractivity contribution in [2.45, 2.75) is 0 Å². The summed E-state index contributed by atoms with van der Waals surface area (Å²) in [5, 5.41) is 15.5. The van der Waals surface area contributed by atoms with Crippen molar-refractivity contribution >= 4 is 28.1 Å². The third-order valence-electron chi connectivity index (χ3n) is 3.45. The van der Waals surface area contributed by atoms with Gasteiger partial charge < -0.3 is 10.1 Å². The molecule has 3 aromatic carbocycles. The first-order valence-corrected chi connectivity index (χ1v) is 7.28. The summed E-state index contributed by atoms with van der Waals surface area (Å²) in [5.74, 6) is 0.0953. The van der Waals surface area contributed by atoms with Gasteiger partial charge in [0.2, 0.25) is 0 Å². The number of hydrogen-bond donors (Lipinski definition) is 1. The second-order valence-corrected chi connectivity index (χ2v) is 5.15. The monoisotopic (exact) mass is 322 g/mol. The van der Waals surface area contributed by atoms with Gasteiger partial charge in [0.25, 0.3) is 11.6 Å². The van der Waals surface area contributed by atoms with Crippen molar-refractivity contribution < 1.29 is 14.5 Å². The molecule has 24 heavy (non-hydrogen) atoms. The second-order valence-electron chi connectivity index (χ2n) is 5.15. The largest absolute Gasteiger partial charge is 0.484 e. The lowest BCUT2D eigenvalue weighted by Gasteiger charge is -2.08. The summed E-state index contributed by atoms with van der Waals surface area (Å²) in [6, 6.07) is 19.1. The Morgan fingerprint density at radius 3 is 2.42 bits per heavy atom. The summed E-state index contributed by atoms with van der Waals surface area (Å²) in [6.07, 6.45) is 0. The zero-order chi connectivity index (χ0) is 16.9. The number of hydrogen-bond acceptors (Lipinski definition) is 4. The Bertz CT molecular complexity index is 891. The molecule has 0 unspecified atom stereocenters. The predicted octanol–water partition coefficient (Wildman–Crippen LogP) is 3.77. The molecule has 0 aliphatic rings. The van der Waals surface area contributed by atoms with Gasteiger partial charge in [-0.25, -0.2) is 0 Å². The highest BCUT2D eigenvalue weighted by atomic mass is 16.6. The zero-order valence-electron chi connectivity index (χ0n) is 12.6. The van der Waals surface area contributed by atoms with Gasteiger partial charge in [-0.3, -0.25) is 14.9 Å². The molecule has 6 heteroatoms. The molecular formula is C18H14N2O4. The molecule has 0 saturated carbocycles. The number of ether oxygens (including phenoxy) is 1. The van der Waals surface area contributed by atoms with Crippen molar-refractivity contribution in [2.75, 3.05) is 11.9 Å². The van der Waals surface area contributed by atoms with Gasteiger partial charge in [0, 0.05) is 17.8 Å². The summed E-state index contributed by atoms with van der Waals surface area (Å²) < 4.78 is 5.33. The average molecular weight is 322 g/mol. The van der Waals surface area contributed by atoms with Crippen LogP contribution in [0.2, 0.25) is 0 Å². The van der Waals surface area contributed by atoms with Gasteiger partial charge in [0.1, 0.15) is 5.75 Å². The summed E-state index contributed by atoms with van der Waals surface area (Å²) in [7, 11) is 0. The molecule has 3 aromatic rings. The molecule has 0 aromatic heterocycles. The minimum Gasteiger partial charge on any atom is -0.484 e. The number of fused-ring (bicyclic) bond motifs is 1. The fourth-order valence-corrected chi connectivity index (χ4v) is 2.28. The Morgan fingerprint density at radius 2 is 1.71 bits per heavy atom. The number of nitrogens with zero attached hydrogens (tertiary/aromatic N) is 1. The molecule has 0 aliphatic carbocycles. The van der Waals surface area contributed by atoms with E-state index in [-0.39, 0.29) is 18.2 Å². The number of carbonyl (C=O) groups excluding carboxylic acids is 1. The van der Waals surface area contributed by atoms with Crippen LogP contribution in [0.4, 0.5) is 11.4 Å². The Labute approximate surface area is 137 Å². The van der Waals surface area contributed by atoms with Gasteiger partial charge in [0.05, 0.1) is 4.92 Å². The third-order valence-corrected chi connectivity index (χ3v) is 3.45. The first kappa shape index (κ1) is 15.5. The van der Waals surface area contributed by atoms with Crippen molar-refractivity contribution in [1.82, 2.24) is 0 Å². The van der Waals surface area contributed by atoms with E-state index in [1.165, 1.54) is 24.3 Å². The Hall–Kier alpha value is -3.41. The van der Waals surface area contributed by atoms with Crippen molar-refractivity contribution in [3.05, 3.63) is 76.8 Å². The van der Waals surface area contributed by atoms with E-state index in [9.17, 15) is 14.9 Å². The van der Waals surface area contributed by atoms with E-state index in [0.717, 1.165) is 10.8 Å². The Kier molecular flexibility index (Phi) is 4.38. The van der Waals surface area contributed by atoms with Crippen molar-refractivity contribution in [3.63, 3.8) is 0 Å². The van der Waals surface area contributed by atoms with Crippen molar-refractivity contribution in [1.29, 1.82) is 0 Å². The molecule has 120 valence electrons. The highest BCUT2D eigenvalue weighted by Gasteiger charge is 2.07. The fraction of sp³-hybridized carbons (Fsp3) is 0.0556. The quantitative estimate of drug-likeness (QED) is 0.573. The molecule has 0 radical (unpaired) electrons. The van der Waals surface area contributed by atoms with Crippen LogP contribution in [0.1, 0.15) is 0 Å². The van der Waals surface area contributed by atoms with E-state index < -0.39 is 4.92 Å². The average Bonchev–Trinajstić information content (AvgIpc) is 2.60. The van der Waals surface area contributed by atoms with Crippen LogP contribution < -0.4 is 10.1 Å². The highest BCUT2D eigenvalue weighted by Crippen LogP contribution is 2.19. The SMILES string of the molecule is O=C(COc1ccc([N+](=O)[O-])cc1)Nc1ccc2ccccc2c1. The number of anilines is 1. The van der Waals surface area contributed by atoms with Crippen LogP contribution >= 0.6 is 0 Å². The molecule has 1 amide bonds. The van der Waals surface area contributed by atoms with Gasteiger partial charge in [-0.05, 0) is 35.0 Å². The van der Waals surface area contributed by atoms with Crippen LogP contribution in [0, 0.1) is 10.1 Å². The van der Waals surface area contributed by atoms with Crippen LogP contribution in [-0.2, 0) is 4.79 Å². The van der Waals surface area contributed by atoms with E-state index in [0.29, 0.717) is 11.4 Å². The van der Waals surface area contributed by atoms with E-state index in [1.807, 2.05) is 42.5 Å². The molecule has 0 spiro atoms. The Morgan fingerprint density at radius 1 is 1.00 bits per heavy atom. The first-order valence-electron chi connectivity index (χ1n) is 7.28. The number of carbonyl (C=O) groups is 1. The van der Waals surface area contributed by atoms with E-state index >= 15 is 0 Å². The smallest absolute Gasteiger partial charge is 0.269 e. The lowest BCUT2D eigenvalue weighted by atomic mass is 10.1. The standard InChI is InChI=1S/C18H14N2O4/c21-18(12-24-17-9-7-16(8-10-17)20(22)23)19-15-6-5-13-3-1-2-4-14(13)11-15/h1-11H,12H2,(H,19,21). The van der Waals surface area contributed by atoms with Crippen LogP contribution in [0.25, 0.3) is 10.8 Å². The molecule has 0 saturated heterocycles. The van der Waals surface area contributed by atoms with Crippen LogP contribution in [-0.4, -0.2) is 17.4 Å². The summed E-state index contributed by atoms with van der Waals surface area (Å²) >= 11 is 0. The van der Waals surface area contributed by atoms with Crippen LogP contribution in [0.5, 0.6) is 5.75 Å². The van der Waals surface area contributed by atoms with Crippen molar-refractivity contribution in [2.24, 2.45) is 0 Å². The van der Waals surface area contributed by atoms with Crippen LogP contribution in [0.15, 0.2) is 66.7 Å². The molecule has 0 heterocycles. The minimum atomic E-state index is -0.490. The molecule has 3 rings (SSSR count). The summed E-state index contributed by atoms with van der Waals surface area (Å²) in [6.45, 7) is -0.176. The van der Waals surface area contributed by atoms with Gasteiger partial charge in [-0.2, -0.15) is 0 Å². The first-order chi connectivity index (χ1) is 11.6. The highest BCUT2D eigenvalue weighted by molar-refractivity contribution is 5.95. The predicted molar refractivity (Wildman–Crippen MR) is 91.2 cm³/mol. The Balaban J connectivity index is 1.59. The lowest BCUT2D eigenvalue weighted by molar-refractivity contribution is -0.384. The molecule has 0 bridgehead atoms. The topological polar surface area (TPSA) is 81.5 Å². The van der Waals surface area contributed by atoms with E-state index in [2.05, 4.69) is 5.32 Å². The molecule has 0 fully saturated rings. The summed E-state index contributed by atoms with van der Waals surface area (Å²) in [5.41, 5.74) is 0.661. The van der Waals surface area contributed by atoms with Gasteiger partial charge in [-0.1, -0.05) is 30.3 Å². The molecule has 0 aliphatic heterocycles. The van der Waals surface area contributed by atoms with Crippen LogP contribution in [0.3, 0.4) is 0 Å². The van der Waals surface area contributed by atoms with E-state index in [1.54, 1.807) is 0 Å². The number of amides is 1. The number of rotatable bonds is 5. The number of nitrogens with one attached hydrogen (secondary N) is 1. The number of non-ortho nitro benzene ring substituents is 1. The van der Waals surface area contributed by atoms with Gasteiger partial charge in [-0.15, -0.1) is 0 Å². The maximum absolute atomic E-state index is 12.0. The number of nitro groups is 1. The fourth-order valence-electron chi connectivity index (χ4n) is 2.28. The van der Waals surface area contributed by atoms with Gasteiger partial charge >= 0.3 is 0 Å². The second kappa shape index (κ2) is 6.78. The summed E-state index contributed by atoms with van der Waals surface area (Å²) in [4.78, 5) is 22.0. The minimum absolute atomic E-state index is 0.0250. The maximum atomic E-state index is 12.0. The molecule has 1 N–H and O–H groups in total. The lowest BCUT2D eigenvalue weighted by Crippen LogP contribution is -2.20. The molecule has 0 atom stereocenters. The molecule has 6 nitrogen and oxygen atoms in total. The number of benzene rings is 3. The maximum Gasteiger partial charge on any atom is 0.269 e. The third kappa shape index (κ3) is 3.67.